The number of aromatic nitrogens is 2. The average molecular weight is 368 g/mol. The summed E-state index contributed by atoms with van der Waals surface area (Å²) in [4.78, 5) is 8.57. The third-order valence-electron chi connectivity index (χ3n) is 2.72. The molecule has 0 spiro atoms. The first-order chi connectivity index (χ1) is 10.6. The molecular formula is C14H7Cl2N3OS2. The van der Waals surface area contributed by atoms with E-state index >= 15 is 0 Å². The number of benzene rings is 1. The van der Waals surface area contributed by atoms with Crippen molar-refractivity contribution in [1.82, 2.24) is 9.97 Å². The van der Waals surface area contributed by atoms with Gasteiger partial charge in [-0.3, -0.25) is 0 Å². The van der Waals surface area contributed by atoms with Crippen LogP contribution in [0, 0.1) is 11.3 Å². The minimum Gasteiger partial charge on any atom is -0.453 e. The minimum atomic E-state index is 0.163. The van der Waals surface area contributed by atoms with Crippen LogP contribution in [0.25, 0.3) is 10.3 Å². The van der Waals surface area contributed by atoms with E-state index in [0.717, 1.165) is 9.04 Å². The van der Waals surface area contributed by atoms with Gasteiger partial charge in [-0.05, 0) is 24.5 Å². The molecule has 8 heteroatoms. The third kappa shape index (κ3) is 2.99. The molecule has 110 valence electrons. The highest BCUT2D eigenvalue weighted by Crippen LogP contribution is 2.36. The van der Waals surface area contributed by atoms with Crippen molar-refractivity contribution in [2.24, 2.45) is 0 Å². The van der Waals surface area contributed by atoms with Gasteiger partial charge in [0.1, 0.15) is 11.8 Å². The lowest BCUT2D eigenvalue weighted by molar-refractivity contribution is 0.480. The first-order valence-electron chi connectivity index (χ1n) is 5.99. The topological polar surface area (TPSA) is 58.8 Å². The lowest BCUT2D eigenvalue weighted by Crippen LogP contribution is -1.92. The molecule has 3 rings (SSSR count). The molecule has 0 unspecified atom stereocenters. The number of rotatable bonds is 3. The van der Waals surface area contributed by atoms with Crippen molar-refractivity contribution in [3.63, 3.8) is 0 Å². The number of pyridine rings is 1. The fourth-order valence-electron chi connectivity index (χ4n) is 1.75. The van der Waals surface area contributed by atoms with E-state index in [9.17, 15) is 5.26 Å². The zero-order valence-electron chi connectivity index (χ0n) is 11.1. The normalized spacial score (nSPS) is 10.6. The maximum atomic E-state index is 9.26. The highest BCUT2D eigenvalue weighted by molar-refractivity contribution is 8.00. The largest absolute Gasteiger partial charge is 0.453 e. The molecule has 0 aliphatic carbocycles. The second-order valence-electron chi connectivity index (χ2n) is 4.13. The SMILES string of the molecule is CSc1nc2nc(C#N)c(Oc3ccc(Cl)cc3Cl)cc2s1. The molecule has 4 nitrogen and oxygen atoms in total. The van der Waals surface area contributed by atoms with Gasteiger partial charge in [0.15, 0.2) is 21.4 Å². The summed E-state index contributed by atoms with van der Waals surface area (Å²) in [6, 6.07) is 8.66. The molecule has 0 aliphatic rings. The van der Waals surface area contributed by atoms with Gasteiger partial charge < -0.3 is 4.74 Å². The molecule has 0 radical (unpaired) electrons. The van der Waals surface area contributed by atoms with Gasteiger partial charge in [-0.25, -0.2) is 9.97 Å². The van der Waals surface area contributed by atoms with Crippen LogP contribution in [-0.2, 0) is 0 Å². The highest BCUT2D eigenvalue weighted by atomic mass is 35.5. The Bertz CT molecular complexity index is 905. The van der Waals surface area contributed by atoms with Crippen LogP contribution in [0.2, 0.25) is 10.0 Å². The van der Waals surface area contributed by atoms with Crippen LogP contribution in [0.5, 0.6) is 11.5 Å². The van der Waals surface area contributed by atoms with E-state index in [-0.39, 0.29) is 5.69 Å². The fraction of sp³-hybridized carbons (Fsp3) is 0.0714. The summed E-state index contributed by atoms with van der Waals surface area (Å²) in [5.41, 5.74) is 0.705. The van der Waals surface area contributed by atoms with E-state index in [4.69, 9.17) is 27.9 Å². The number of nitrogens with zero attached hydrogens (tertiary/aromatic N) is 3. The molecule has 2 heterocycles. The second kappa shape index (κ2) is 6.31. The van der Waals surface area contributed by atoms with Crippen molar-refractivity contribution in [1.29, 1.82) is 5.26 Å². The van der Waals surface area contributed by atoms with E-state index in [1.165, 1.54) is 23.1 Å². The zero-order chi connectivity index (χ0) is 15.7. The van der Waals surface area contributed by atoms with Gasteiger partial charge in [0.25, 0.3) is 0 Å². The lowest BCUT2D eigenvalue weighted by atomic mass is 10.3. The summed E-state index contributed by atoms with van der Waals surface area (Å²) in [6.07, 6.45) is 1.94. The van der Waals surface area contributed by atoms with Crippen molar-refractivity contribution in [3.8, 4) is 17.6 Å². The maximum absolute atomic E-state index is 9.26. The Balaban J connectivity index is 2.07. The van der Waals surface area contributed by atoms with Gasteiger partial charge in [0.05, 0.1) is 9.72 Å². The Morgan fingerprint density at radius 1 is 1.23 bits per heavy atom. The van der Waals surface area contributed by atoms with Crippen molar-refractivity contribution in [3.05, 3.63) is 40.0 Å². The first-order valence-corrected chi connectivity index (χ1v) is 8.79. The number of nitriles is 1. The number of thiazole rings is 1. The standard InChI is InChI=1S/C14H7Cl2N3OS2/c1-21-14-19-13-12(22-14)5-11(9(6-17)18-13)20-10-3-2-7(15)4-8(10)16/h2-5H,1H3. The molecule has 1 aromatic carbocycles. The van der Waals surface area contributed by atoms with Gasteiger partial charge in [0.2, 0.25) is 0 Å². The van der Waals surface area contributed by atoms with Crippen LogP contribution >= 0.6 is 46.3 Å². The van der Waals surface area contributed by atoms with E-state index in [1.54, 1.807) is 24.3 Å². The minimum absolute atomic E-state index is 0.163. The van der Waals surface area contributed by atoms with E-state index < -0.39 is 0 Å². The van der Waals surface area contributed by atoms with Crippen LogP contribution in [0.15, 0.2) is 28.6 Å². The Labute approximate surface area is 144 Å². The molecular weight excluding hydrogens is 361 g/mol. The molecule has 0 saturated carbocycles. The Kier molecular flexibility index (Phi) is 4.41. The number of thioether (sulfide) groups is 1. The first kappa shape index (κ1) is 15.4. The summed E-state index contributed by atoms with van der Waals surface area (Å²) < 4.78 is 7.47. The Hall–Kier alpha value is -1.52. The lowest BCUT2D eigenvalue weighted by Gasteiger charge is -2.08. The van der Waals surface area contributed by atoms with E-state index in [2.05, 4.69) is 9.97 Å². The van der Waals surface area contributed by atoms with Crippen molar-refractivity contribution >= 4 is 56.6 Å². The van der Waals surface area contributed by atoms with Crippen LogP contribution < -0.4 is 4.74 Å². The summed E-state index contributed by atoms with van der Waals surface area (Å²) in [5, 5.41) is 10.1. The number of hydrogen-bond acceptors (Lipinski definition) is 6. The Morgan fingerprint density at radius 2 is 2.05 bits per heavy atom. The molecule has 3 aromatic rings. The average Bonchev–Trinajstić information content (AvgIpc) is 2.91. The summed E-state index contributed by atoms with van der Waals surface area (Å²) >= 11 is 15.0. The molecule has 0 bridgehead atoms. The zero-order valence-corrected chi connectivity index (χ0v) is 14.3. The summed E-state index contributed by atoms with van der Waals surface area (Å²) in [6.45, 7) is 0. The molecule has 2 aromatic heterocycles. The number of hydrogen-bond donors (Lipinski definition) is 0. The van der Waals surface area contributed by atoms with Crippen molar-refractivity contribution < 1.29 is 4.74 Å². The molecule has 0 N–H and O–H groups in total. The Morgan fingerprint density at radius 3 is 2.73 bits per heavy atom. The third-order valence-corrected chi connectivity index (χ3v) is 5.23. The van der Waals surface area contributed by atoms with Gasteiger partial charge in [-0.15, -0.1) is 11.3 Å². The summed E-state index contributed by atoms with van der Waals surface area (Å²) in [7, 11) is 0. The number of ether oxygens (including phenoxy) is 1. The van der Waals surface area contributed by atoms with Crippen LogP contribution in [0.3, 0.4) is 0 Å². The van der Waals surface area contributed by atoms with Gasteiger partial charge >= 0.3 is 0 Å². The van der Waals surface area contributed by atoms with E-state index in [1.807, 2.05) is 12.3 Å². The van der Waals surface area contributed by atoms with Crippen molar-refractivity contribution in [2.45, 2.75) is 4.34 Å². The fourth-order valence-corrected chi connectivity index (χ4v) is 3.64. The molecule has 0 fully saturated rings. The predicted octanol–water partition coefficient (Wildman–Crippen LogP) is 5.38. The maximum Gasteiger partial charge on any atom is 0.185 e. The monoisotopic (exact) mass is 367 g/mol. The van der Waals surface area contributed by atoms with Crippen LogP contribution in [-0.4, -0.2) is 16.2 Å². The highest BCUT2D eigenvalue weighted by Gasteiger charge is 2.14. The molecule has 0 amide bonds. The predicted molar refractivity (Wildman–Crippen MR) is 90.4 cm³/mol. The van der Waals surface area contributed by atoms with Gasteiger partial charge in [-0.1, -0.05) is 35.0 Å². The number of halogens is 2. The molecule has 0 saturated heterocycles. The molecule has 0 aliphatic heterocycles. The van der Waals surface area contributed by atoms with Crippen LogP contribution in [0.4, 0.5) is 0 Å². The second-order valence-corrected chi connectivity index (χ2v) is 7.06. The van der Waals surface area contributed by atoms with Crippen LogP contribution in [0.1, 0.15) is 5.69 Å². The van der Waals surface area contributed by atoms with Gasteiger partial charge in [-0.2, -0.15) is 5.26 Å². The van der Waals surface area contributed by atoms with Crippen molar-refractivity contribution in [2.75, 3.05) is 6.26 Å². The van der Waals surface area contributed by atoms with Gasteiger partial charge in [0, 0.05) is 11.1 Å². The molecule has 22 heavy (non-hydrogen) atoms. The molecule has 0 atom stereocenters. The smallest absolute Gasteiger partial charge is 0.185 e. The number of fused-ring (bicyclic) bond motifs is 1. The van der Waals surface area contributed by atoms with E-state index in [0.29, 0.717) is 27.2 Å². The summed E-state index contributed by atoms with van der Waals surface area (Å²) in [5.74, 6) is 0.758. The quantitative estimate of drug-likeness (QED) is 0.581.